The Morgan fingerprint density at radius 3 is 2.37 bits per heavy atom. The van der Waals surface area contributed by atoms with E-state index in [-0.39, 0.29) is 17.1 Å². The van der Waals surface area contributed by atoms with Crippen LogP contribution in [0.1, 0.15) is 36.8 Å². The van der Waals surface area contributed by atoms with Crippen molar-refractivity contribution in [1.82, 2.24) is 5.43 Å². The molecule has 2 amide bonds. The highest BCUT2D eigenvalue weighted by Crippen LogP contribution is 2.19. The first-order valence-electron chi connectivity index (χ1n) is 10.4. The molecule has 2 N–H and O–H groups in total. The number of hydrogen-bond donors (Lipinski definition) is 2. The SMILES string of the molecule is O=C(Oc1ccccc1/C=N/NC(=O)c1ccccc1NC(=O)c1ccco1)c1ccc(Br)cc1. The summed E-state index contributed by atoms with van der Waals surface area (Å²) in [6.07, 6.45) is 2.75. The number of benzene rings is 3. The molecule has 35 heavy (non-hydrogen) atoms. The van der Waals surface area contributed by atoms with Crippen molar-refractivity contribution in [2.24, 2.45) is 5.10 Å². The van der Waals surface area contributed by atoms with Gasteiger partial charge in [-0.2, -0.15) is 5.10 Å². The van der Waals surface area contributed by atoms with E-state index >= 15 is 0 Å². The molecule has 9 heteroatoms. The Labute approximate surface area is 208 Å². The Balaban J connectivity index is 1.44. The van der Waals surface area contributed by atoms with Gasteiger partial charge >= 0.3 is 5.97 Å². The predicted molar refractivity (Wildman–Crippen MR) is 134 cm³/mol. The number of rotatable bonds is 7. The molecule has 1 heterocycles. The third-order valence-corrected chi connectivity index (χ3v) is 5.26. The molecule has 0 atom stereocenters. The molecule has 0 fully saturated rings. The number of hydrazone groups is 1. The van der Waals surface area contributed by atoms with Crippen LogP contribution >= 0.6 is 15.9 Å². The average Bonchev–Trinajstić information content (AvgIpc) is 3.41. The van der Waals surface area contributed by atoms with Gasteiger partial charge in [0.25, 0.3) is 11.8 Å². The molecule has 174 valence electrons. The van der Waals surface area contributed by atoms with Crippen LogP contribution in [0, 0.1) is 0 Å². The van der Waals surface area contributed by atoms with Gasteiger partial charge in [-0.3, -0.25) is 9.59 Å². The summed E-state index contributed by atoms with van der Waals surface area (Å²) in [6.45, 7) is 0. The molecule has 0 aliphatic rings. The van der Waals surface area contributed by atoms with Gasteiger partial charge in [-0.1, -0.05) is 40.2 Å². The number of halogens is 1. The summed E-state index contributed by atoms with van der Waals surface area (Å²) < 4.78 is 11.4. The summed E-state index contributed by atoms with van der Waals surface area (Å²) in [6, 6.07) is 23.2. The minimum Gasteiger partial charge on any atom is -0.459 e. The molecule has 0 bridgehead atoms. The van der Waals surface area contributed by atoms with E-state index in [0.717, 1.165) is 4.47 Å². The third kappa shape index (κ3) is 6.10. The van der Waals surface area contributed by atoms with Crippen LogP contribution in [0.2, 0.25) is 0 Å². The number of carbonyl (C=O) groups is 3. The Morgan fingerprint density at radius 1 is 0.857 bits per heavy atom. The zero-order valence-corrected chi connectivity index (χ0v) is 19.7. The normalized spacial score (nSPS) is 10.7. The molecule has 4 aromatic rings. The van der Waals surface area contributed by atoms with Gasteiger partial charge in [-0.05, 0) is 60.7 Å². The van der Waals surface area contributed by atoms with Crippen LogP contribution in [0.3, 0.4) is 0 Å². The van der Waals surface area contributed by atoms with Crippen molar-refractivity contribution in [3.8, 4) is 5.75 Å². The lowest BCUT2D eigenvalue weighted by atomic mass is 10.1. The van der Waals surface area contributed by atoms with Crippen molar-refractivity contribution >= 4 is 45.6 Å². The molecule has 0 aliphatic carbocycles. The first-order chi connectivity index (χ1) is 17.0. The van der Waals surface area contributed by atoms with Gasteiger partial charge < -0.3 is 14.5 Å². The van der Waals surface area contributed by atoms with Gasteiger partial charge in [-0.15, -0.1) is 0 Å². The van der Waals surface area contributed by atoms with Crippen LogP contribution in [-0.2, 0) is 0 Å². The number of carbonyl (C=O) groups excluding carboxylic acids is 3. The lowest BCUT2D eigenvalue weighted by Gasteiger charge is -2.09. The maximum atomic E-state index is 12.7. The zero-order valence-electron chi connectivity index (χ0n) is 18.1. The van der Waals surface area contributed by atoms with Crippen LogP contribution in [-0.4, -0.2) is 24.0 Å². The number of anilines is 1. The number of esters is 1. The molecule has 0 radical (unpaired) electrons. The predicted octanol–water partition coefficient (Wildman–Crippen LogP) is 5.28. The van der Waals surface area contributed by atoms with Crippen molar-refractivity contribution in [3.05, 3.63) is 118 Å². The zero-order chi connectivity index (χ0) is 24.6. The minimum atomic E-state index is -0.541. The fourth-order valence-electron chi connectivity index (χ4n) is 3.03. The lowest BCUT2D eigenvalue weighted by molar-refractivity contribution is 0.0733. The molecule has 1 aromatic heterocycles. The van der Waals surface area contributed by atoms with E-state index in [1.54, 1.807) is 78.9 Å². The molecule has 4 rings (SSSR count). The van der Waals surface area contributed by atoms with Crippen LogP contribution in [0.5, 0.6) is 5.75 Å². The Hall–Kier alpha value is -4.50. The highest BCUT2D eigenvalue weighted by atomic mass is 79.9. The Kier molecular flexibility index (Phi) is 7.49. The molecular formula is C26H18BrN3O5. The molecule has 0 unspecified atom stereocenters. The molecule has 8 nitrogen and oxygen atoms in total. The van der Waals surface area contributed by atoms with Crippen LogP contribution < -0.4 is 15.5 Å². The maximum Gasteiger partial charge on any atom is 0.343 e. The quantitative estimate of drug-likeness (QED) is 0.146. The highest BCUT2D eigenvalue weighted by molar-refractivity contribution is 9.10. The lowest BCUT2D eigenvalue weighted by Crippen LogP contribution is -2.21. The summed E-state index contributed by atoms with van der Waals surface area (Å²) in [4.78, 5) is 37.5. The molecular weight excluding hydrogens is 514 g/mol. The highest BCUT2D eigenvalue weighted by Gasteiger charge is 2.15. The van der Waals surface area contributed by atoms with Crippen molar-refractivity contribution in [2.45, 2.75) is 0 Å². The van der Waals surface area contributed by atoms with Crippen LogP contribution in [0.15, 0.2) is 105 Å². The Bertz CT molecular complexity index is 1380. The topological polar surface area (TPSA) is 110 Å². The van der Waals surface area contributed by atoms with E-state index in [1.807, 2.05) is 0 Å². The third-order valence-electron chi connectivity index (χ3n) is 4.74. The summed E-state index contributed by atoms with van der Waals surface area (Å²) in [5, 5.41) is 6.63. The molecule has 3 aromatic carbocycles. The average molecular weight is 532 g/mol. The van der Waals surface area contributed by atoms with Crippen molar-refractivity contribution in [2.75, 3.05) is 5.32 Å². The summed E-state index contributed by atoms with van der Waals surface area (Å²) in [7, 11) is 0. The van der Waals surface area contributed by atoms with E-state index in [1.165, 1.54) is 18.5 Å². The second-order valence-corrected chi connectivity index (χ2v) is 8.03. The number of nitrogens with one attached hydrogen (secondary N) is 2. The first kappa shape index (κ1) is 23.7. The Morgan fingerprint density at radius 2 is 1.60 bits per heavy atom. The fraction of sp³-hybridized carbons (Fsp3) is 0. The second kappa shape index (κ2) is 11.1. The number of ether oxygens (including phenoxy) is 1. The van der Waals surface area contributed by atoms with E-state index in [2.05, 4.69) is 31.8 Å². The van der Waals surface area contributed by atoms with Crippen LogP contribution in [0.4, 0.5) is 5.69 Å². The first-order valence-corrected chi connectivity index (χ1v) is 11.1. The van der Waals surface area contributed by atoms with E-state index in [9.17, 15) is 14.4 Å². The molecule has 0 spiro atoms. The minimum absolute atomic E-state index is 0.118. The van der Waals surface area contributed by atoms with Gasteiger partial charge in [0.1, 0.15) is 5.75 Å². The molecule has 0 saturated heterocycles. The van der Waals surface area contributed by atoms with Gasteiger partial charge in [-0.25, -0.2) is 10.2 Å². The van der Waals surface area contributed by atoms with E-state index < -0.39 is 17.8 Å². The number of furan rings is 1. The summed E-state index contributed by atoms with van der Waals surface area (Å²) in [5.74, 6) is -1.15. The van der Waals surface area contributed by atoms with E-state index in [0.29, 0.717) is 16.8 Å². The monoisotopic (exact) mass is 531 g/mol. The van der Waals surface area contributed by atoms with E-state index in [4.69, 9.17) is 9.15 Å². The van der Waals surface area contributed by atoms with Gasteiger partial charge in [0.15, 0.2) is 5.76 Å². The smallest absolute Gasteiger partial charge is 0.343 e. The van der Waals surface area contributed by atoms with Gasteiger partial charge in [0, 0.05) is 10.0 Å². The number of amides is 2. The summed E-state index contributed by atoms with van der Waals surface area (Å²) >= 11 is 3.33. The summed E-state index contributed by atoms with van der Waals surface area (Å²) in [5.41, 5.74) is 3.80. The van der Waals surface area contributed by atoms with Gasteiger partial charge in [0.05, 0.1) is 29.3 Å². The molecule has 0 saturated carbocycles. The second-order valence-electron chi connectivity index (χ2n) is 7.11. The largest absolute Gasteiger partial charge is 0.459 e. The molecule has 0 aliphatic heterocycles. The van der Waals surface area contributed by atoms with Crippen molar-refractivity contribution in [1.29, 1.82) is 0 Å². The number of para-hydroxylation sites is 2. The van der Waals surface area contributed by atoms with Crippen molar-refractivity contribution in [3.63, 3.8) is 0 Å². The van der Waals surface area contributed by atoms with Gasteiger partial charge in [0.2, 0.25) is 0 Å². The number of nitrogens with zero attached hydrogens (tertiary/aromatic N) is 1. The van der Waals surface area contributed by atoms with Crippen LogP contribution in [0.25, 0.3) is 0 Å². The van der Waals surface area contributed by atoms with Crippen molar-refractivity contribution < 1.29 is 23.5 Å². The number of hydrogen-bond acceptors (Lipinski definition) is 6. The fourth-order valence-corrected chi connectivity index (χ4v) is 3.29. The standard InChI is InChI=1S/C26H18BrN3O5/c27-19-13-11-17(12-14-19)26(33)35-22-9-4-1-6-18(22)16-28-30-24(31)20-7-2-3-8-21(20)29-25(32)23-10-5-15-34-23/h1-16H,(H,29,32)(H,30,31)/b28-16+. The maximum absolute atomic E-state index is 12.7.